The van der Waals surface area contributed by atoms with E-state index >= 15 is 0 Å². The predicted molar refractivity (Wildman–Crippen MR) is 76.4 cm³/mol. The van der Waals surface area contributed by atoms with Gasteiger partial charge in [0.1, 0.15) is 0 Å². The molecule has 0 amide bonds. The van der Waals surface area contributed by atoms with Crippen molar-refractivity contribution in [3.05, 3.63) is 36.5 Å². The highest BCUT2D eigenvalue weighted by atomic mass is 16.5. The summed E-state index contributed by atoms with van der Waals surface area (Å²) in [5, 5.41) is 4.29. The fourth-order valence-electron chi connectivity index (χ4n) is 2.02. The summed E-state index contributed by atoms with van der Waals surface area (Å²) >= 11 is 0. The molecule has 3 heterocycles. The van der Waals surface area contributed by atoms with E-state index < -0.39 is 0 Å². The van der Waals surface area contributed by atoms with E-state index in [1.165, 1.54) is 0 Å². The average molecular weight is 269 g/mol. The molecule has 3 rings (SSSR count). The molecule has 0 aliphatic carbocycles. The number of rotatable bonds is 3. The molecule has 0 fully saturated rings. The molecule has 3 aromatic heterocycles. The van der Waals surface area contributed by atoms with Crippen LogP contribution in [-0.2, 0) is 0 Å². The molecule has 0 bridgehead atoms. The van der Waals surface area contributed by atoms with Gasteiger partial charge in [-0.2, -0.15) is 10.1 Å². The summed E-state index contributed by atoms with van der Waals surface area (Å²) in [5.41, 5.74) is 8.28. The van der Waals surface area contributed by atoms with Gasteiger partial charge in [0.25, 0.3) is 0 Å². The lowest BCUT2D eigenvalue weighted by Gasteiger charge is -2.11. The van der Waals surface area contributed by atoms with Crippen LogP contribution < -0.4 is 10.5 Å². The minimum absolute atomic E-state index is 0.0256. The number of fused-ring (bicyclic) bond motifs is 1. The quantitative estimate of drug-likeness (QED) is 0.788. The fourth-order valence-corrected chi connectivity index (χ4v) is 2.02. The van der Waals surface area contributed by atoms with Crippen LogP contribution in [0.15, 0.2) is 36.5 Å². The number of nitrogen functional groups attached to an aromatic ring is 1. The second-order valence-electron chi connectivity index (χ2n) is 4.70. The number of aromatic nitrogens is 4. The van der Waals surface area contributed by atoms with Gasteiger partial charge in [0, 0.05) is 6.07 Å². The fraction of sp³-hybridized carbons (Fsp3) is 0.214. The second-order valence-corrected chi connectivity index (χ2v) is 4.70. The summed E-state index contributed by atoms with van der Waals surface area (Å²) in [6, 6.07) is 9.56. The largest absolute Gasteiger partial charge is 0.475 e. The molecule has 0 aliphatic rings. The molecule has 20 heavy (non-hydrogen) atoms. The molecule has 102 valence electrons. The number of nitrogens with zero attached hydrogens (tertiary/aromatic N) is 4. The van der Waals surface area contributed by atoms with Crippen molar-refractivity contribution in [1.29, 1.82) is 0 Å². The van der Waals surface area contributed by atoms with Gasteiger partial charge in [-0.15, -0.1) is 0 Å². The summed E-state index contributed by atoms with van der Waals surface area (Å²) in [5.74, 6) is 0.647. The molecule has 0 saturated heterocycles. The lowest BCUT2D eigenvalue weighted by Crippen LogP contribution is -2.09. The highest BCUT2D eigenvalue weighted by Crippen LogP contribution is 2.23. The van der Waals surface area contributed by atoms with Gasteiger partial charge in [0.05, 0.1) is 29.2 Å². The number of ether oxygens (including phenoxy) is 1. The maximum Gasteiger partial charge on any atom is 0.223 e. The molecule has 3 aromatic rings. The first-order valence-electron chi connectivity index (χ1n) is 6.38. The summed E-state index contributed by atoms with van der Waals surface area (Å²) in [4.78, 5) is 8.35. The third-order valence-corrected chi connectivity index (χ3v) is 2.76. The number of anilines is 1. The van der Waals surface area contributed by atoms with Crippen molar-refractivity contribution in [3.8, 4) is 17.3 Å². The third-order valence-electron chi connectivity index (χ3n) is 2.76. The number of hydrogen-bond donors (Lipinski definition) is 1. The monoisotopic (exact) mass is 269 g/mol. The Balaban J connectivity index is 2.14. The van der Waals surface area contributed by atoms with Gasteiger partial charge in [0.2, 0.25) is 11.8 Å². The van der Waals surface area contributed by atoms with Crippen molar-refractivity contribution in [2.24, 2.45) is 0 Å². The van der Waals surface area contributed by atoms with Crippen LogP contribution in [0.4, 0.5) is 5.95 Å². The van der Waals surface area contributed by atoms with Crippen LogP contribution in [-0.4, -0.2) is 25.7 Å². The Morgan fingerprint density at radius 1 is 1.20 bits per heavy atom. The van der Waals surface area contributed by atoms with Crippen LogP contribution >= 0.6 is 0 Å². The Morgan fingerprint density at radius 2 is 2.05 bits per heavy atom. The van der Waals surface area contributed by atoms with Crippen LogP contribution in [0, 0.1) is 0 Å². The van der Waals surface area contributed by atoms with Gasteiger partial charge in [-0.05, 0) is 32.0 Å². The Labute approximate surface area is 116 Å². The molecule has 0 radical (unpaired) electrons. The molecule has 0 aromatic carbocycles. The van der Waals surface area contributed by atoms with Crippen LogP contribution in [0.5, 0.6) is 5.88 Å². The zero-order valence-electron chi connectivity index (χ0n) is 11.3. The lowest BCUT2D eigenvalue weighted by molar-refractivity contribution is 0.233. The molecular weight excluding hydrogens is 254 g/mol. The molecule has 0 aliphatic heterocycles. The SMILES string of the molecule is CC(C)Oc1cc(-c2cccc3ccnn23)nc(N)n1. The molecule has 0 atom stereocenters. The molecule has 6 nitrogen and oxygen atoms in total. The minimum atomic E-state index is 0.0256. The maximum absolute atomic E-state index is 5.76. The van der Waals surface area contributed by atoms with Crippen molar-refractivity contribution >= 4 is 11.5 Å². The predicted octanol–water partition coefficient (Wildman–Crippen LogP) is 2.16. The topological polar surface area (TPSA) is 78.3 Å². The molecule has 0 saturated carbocycles. The van der Waals surface area contributed by atoms with Crippen LogP contribution in [0.2, 0.25) is 0 Å². The van der Waals surface area contributed by atoms with E-state index in [0.29, 0.717) is 11.6 Å². The highest BCUT2D eigenvalue weighted by Gasteiger charge is 2.10. The van der Waals surface area contributed by atoms with Crippen molar-refractivity contribution in [1.82, 2.24) is 19.6 Å². The standard InChI is InChI=1S/C14H15N5O/c1-9(2)20-13-8-11(17-14(15)18-13)12-5-3-4-10-6-7-16-19(10)12/h3-9H,1-2H3,(H2,15,17,18). The first-order chi connectivity index (χ1) is 9.63. The lowest BCUT2D eigenvalue weighted by atomic mass is 10.2. The van der Waals surface area contributed by atoms with Crippen LogP contribution in [0.1, 0.15) is 13.8 Å². The van der Waals surface area contributed by atoms with E-state index in [0.717, 1.165) is 11.2 Å². The highest BCUT2D eigenvalue weighted by molar-refractivity contribution is 5.62. The summed E-state index contributed by atoms with van der Waals surface area (Å²) in [6.07, 6.45) is 1.77. The molecule has 0 spiro atoms. The zero-order chi connectivity index (χ0) is 14.1. The zero-order valence-corrected chi connectivity index (χ0v) is 11.3. The van der Waals surface area contributed by atoms with Gasteiger partial charge >= 0.3 is 0 Å². The Morgan fingerprint density at radius 3 is 2.85 bits per heavy atom. The summed E-state index contributed by atoms with van der Waals surface area (Å²) in [6.45, 7) is 3.87. The first kappa shape index (κ1) is 12.4. The molecule has 2 N–H and O–H groups in total. The average Bonchev–Trinajstić information content (AvgIpc) is 2.84. The van der Waals surface area contributed by atoms with E-state index in [9.17, 15) is 0 Å². The molecule has 0 unspecified atom stereocenters. The van der Waals surface area contributed by atoms with Gasteiger partial charge in [0.15, 0.2) is 0 Å². The Hall–Kier alpha value is -2.63. The van der Waals surface area contributed by atoms with E-state index in [2.05, 4.69) is 15.1 Å². The maximum atomic E-state index is 5.76. The van der Waals surface area contributed by atoms with Crippen LogP contribution in [0.3, 0.4) is 0 Å². The smallest absolute Gasteiger partial charge is 0.223 e. The number of pyridine rings is 1. The van der Waals surface area contributed by atoms with E-state index in [-0.39, 0.29) is 12.1 Å². The minimum Gasteiger partial charge on any atom is -0.475 e. The van der Waals surface area contributed by atoms with Crippen molar-refractivity contribution in [3.63, 3.8) is 0 Å². The Kier molecular flexibility index (Phi) is 2.98. The van der Waals surface area contributed by atoms with Crippen molar-refractivity contribution in [2.45, 2.75) is 20.0 Å². The number of hydrogen-bond acceptors (Lipinski definition) is 5. The normalized spacial score (nSPS) is 11.2. The summed E-state index contributed by atoms with van der Waals surface area (Å²) in [7, 11) is 0. The van der Waals surface area contributed by atoms with Crippen LogP contribution in [0.25, 0.3) is 16.9 Å². The van der Waals surface area contributed by atoms with E-state index in [1.807, 2.05) is 38.1 Å². The molecular formula is C14H15N5O. The first-order valence-corrected chi connectivity index (χ1v) is 6.38. The van der Waals surface area contributed by atoms with Crippen molar-refractivity contribution < 1.29 is 4.74 Å². The van der Waals surface area contributed by atoms with Gasteiger partial charge in [-0.3, -0.25) is 0 Å². The van der Waals surface area contributed by atoms with Gasteiger partial charge < -0.3 is 10.5 Å². The number of nitrogens with two attached hydrogens (primary N) is 1. The van der Waals surface area contributed by atoms with Gasteiger partial charge in [-0.1, -0.05) is 6.07 Å². The van der Waals surface area contributed by atoms with E-state index in [4.69, 9.17) is 10.5 Å². The van der Waals surface area contributed by atoms with Gasteiger partial charge in [-0.25, -0.2) is 9.50 Å². The summed E-state index contributed by atoms with van der Waals surface area (Å²) < 4.78 is 7.40. The Bertz CT molecular complexity index is 750. The second kappa shape index (κ2) is 4.80. The van der Waals surface area contributed by atoms with Crippen molar-refractivity contribution in [2.75, 3.05) is 5.73 Å². The third kappa shape index (κ3) is 2.27. The molecule has 6 heteroatoms. The van der Waals surface area contributed by atoms with E-state index in [1.54, 1.807) is 16.8 Å².